The minimum Gasteiger partial charge on any atom is -0.366 e. The van der Waals surface area contributed by atoms with Gasteiger partial charge in [-0.05, 0) is 42.2 Å². The maximum Gasteiger partial charge on any atom is 0.257 e. The molecule has 0 atom stereocenters. The molecule has 2 aromatic heterocycles. The first kappa shape index (κ1) is 24.6. The molecule has 1 N–H and O–H groups in total. The van der Waals surface area contributed by atoms with Crippen LogP contribution in [0, 0.1) is 6.92 Å². The number of carbonyl (C=O) groups excluding carboxylic acids is 2. The lowest BCUT2D eigenvalue weighted by Gasteiger charge is -2.35. The van der Waals surface area contributed by atoms with Gasteiger partial charge in [0.2, 0.25) is 0 Å². The summed E-state index contributed by atoms with van der Waals surface area (Å²) in [6.45, 7) is 8.86. The first-order valence-electron chi connectivity index (χ1n) is 12.9. The Labute approximate surface area is 217 Å². The van der Waals surface area contributed by atoms with Gasteiger partial charge in [0.25, 0.3) is 11.8 Å². The molecular formula is C30H33N5O2. The number of piperazine rings is 1. The highest BCUT2D eigenvalue weighted by Gasteiger charge is 2.28. The predicted octanol–water partition coefficient (Wildman–Crippen LogP) is 4.98. The molecule has 1 saturated heterocycles. The van der Waals surface area contributed by atoms with Crippen LogP contribution in [-0.4, -0.2) is 57.2 Å². The fraction of sp³-hybridized carbons (Fsp3) is 0.300. The van der Waals surface area contributed by atoms with Gasteiger partial charge in [0.1, 0.15) is 5.82 Å². The van der Waals surface area contributed by atoms with Crippen molar-refractivity contribution in [1.82, 2.24) is 19.2 Å². The number of aryl methyl sites for hydroxylation is 1. The molecule has 1 aliphatic heterocycles. The van der Waals surface area contributed by atoms with Crippen molar-refractivity contribution in [3.8, 4) is 0 Å². The van der Waals surface area contributed by atoms with Crippen molar-refractivity contribution in [2.24, 2.45) is 0 Å². The number of nitrogens with one attached hydrogen (secondary N) is 1. The maximum atomic E-state index is 13.6. The van der Waals surface area contributed by atoms with E-state index in [-0.39, 0.29) is 17.7 Å². The molecule has 0 spiro atoms. The molecule has 3 heterocycles. The summed E-state index contributed by atoms with van der Waals surface area (Å²) in [6.07, 6.45) is 1.96. The van der Waals surface area contributed by atoms with Gasteiger partial charge in [-0.2, -0.15) is 0 Å². The number of imidazole rings is 1. The van der Waals surface area contributed by atoms with Gasteiger partial charge < -0.3 is 15.1 Å². The third-order valence-electron chi connectivity index (χ3n) is 6.99. The van der Waals surface area contributed by atoms with Crippen LogP contribution in [0.2, 0.25) is 0 Å². The van der Waals surface area contributed by atoms with Crippen molar-refractivity contribution in [1.29, 1.82) is 0 Å². The molecule has 37 heavy (non-hydrogen) atoms. The fourth-order valence-electron chi connectivity index (χ4n) is 4.88. The second-order valence-corrected chi connectivity index (χ2v) is 9.85. The number of anilines is 1. The molecule has 7 heteroatoms. The van der Waals surface area contributed by atoms with Crippen molar-refractivity contribution < 1.29 is 9.59 Å². The smallest absolute Gasteiger partial charge is 0.257 e. The van der Waals surface area contributed by atoms with Gasteiger partial charge in [-0.1, -0.05) is 62.4 Å². The summed E-state index contributed by atoms with van der Waals surface area (Å²) >= 11 is 0. The van der Waals surface area contributed by atoms with Crippen LogP contribution in [0.15, 0.2) is 72.9 Å². The molecule has 190 valence electrons. The molecular weight excluding hydrogens is 462 g/mol. The molecule has 0 radical (unpaired) electrons. The number of fused-ring (bicyclic) bond motifs is 1. The summed E-state index contributed by atoms with van der Waals surface area (Å²) in [5.74, 6) is 1.08. The molecule has 0 aliphatic carbocycles. The number of aromatic nitrogens is 2. The molecule has 1 fully saturated rings. The third kappa shape index (κ3) is 4.94. The van der Waals surface area contributed by atoms with E-state index < -0.39 is 0 Å². The van der Waals surface area contributed by atoms with Crippen LogP contribution in [0.4, 0.5) is 5.82 Å². The topological polar surface area (TPSA) is 70.0 Å². The number of carbonyl (C=O) groups is 2. The van der Waals surface area contributed by atoms with E-state index in [0.717, 1.165) is 22.6 Å². The summed E-state index contributed by atoms with van der Waals surface area (Å²) in [7, 11) is 0. The minimum absolute atomic E-state index is 0.0243. The zero-order valence-electron chi connectivity index (χ0n) is 21.6. The van der Waals surface area contributed by atoms with Gasteiger partial charge in [0.05, 0.1) is 11.3 Å². The van der Waals surface area contributed by atoms with Crippen molar-refractivity contribution in [2.45, 2.75) is 33.2 Å². The Bertz CT molecular complexity index is 1420. The fourth-order valence-corrected chi connectivity index (χ4v) is 4.88. The molecule has 5 rings (SSSR count). The van der Waals surface area contributed by atoms with E-state index in [1.165, 1.54) is 5.56 Å². The van der Waals surface area contributed by atoms with Gasteiger partial charge >= 0.3 is 0 Å². The number of nitrogens with zero attached hydrogens (tertiary/aromatic N) is 4. The van der Waals surface area contributed by atoms with Crippen molar-refractivity contribution in [2.75, 3.05) is 31.5 Å². The first-order chi connectivity index (χ1) is 17.9. The number of amides is 2. The van der Waals surface area contributed by atoms with Crippen LogP contribution in [0.1, 0.15) is 57.3 Å². The Hall–Kier alpha value is -4.13. The summed E-state index contributed by atoms with van der Waals surface area (Å²) < 4.78 is 1.99. The van der Waals surface area contributed by atoms with E-state index in [0.29, 0.717) is 43.9 Å². The van der Waals surface area contributed by atoms with Gasteiger partial charge in [0, 0.05) is 44.5 Å². The lowest BCUT2D eigenvalue weighted by Crippen LogP contribution is -2.50. The van der Waals surface area contributed by atoms with E-state index in [2.05, 4.69) is 31.3 Å². The molecule has 4 aromatic rings. The molecule has 1 aliphatic rings. The van der Waals surface area contributed by atoms with E-state index in [1.807, 2.05) is 81.9 Å². The number of rotatable bonds is 6. The van der Waals surface area contributed by atoms with Crippen molar-refractivity contribution in [3.63, 3.8) is 0 Å². The SMILES string of the molecule is Cc1ccccc1C(=O)N1CCN(C(=O)c2cccn3c(NCc4ccccc4)c(C(C)C)nc23)CC1. The van der Waals surface area contributed by atoms with E-state index >= 15 is 0 Å². The normalized spacial score (nSPS) is 13.8. The molecule has 0 saturated carbocycles. The monoisotopic (exact) mass is 495 g/mol. The quantitative estimate of drug-likeness (QED) is 0.410. The highest BCUT2D eigenvalue weighted by atomic mass is 16.2. The highest BCUT2D eigenvalue weighted by molar-refractivity contribution is 6.00. The first-order valence-corrected chi connectivity index (χ1v) is 12.9. The average molecular weight is 496 g/mol. The summed E-state index contributed by atoms with van der Waals surface area (Å²) in [5, 5.41) is 3.55. The van der Waals surface area contributed by atoms with Crippen LogP contribution in [0.25, 0.3) is 5.65 Å². The molecule has 2 amide bonds. The average Bonchev–Trinajstić information content (AvgIpc) is 3.31. The summed E-state index contributed by atoms with van der Waals surface area (Å²) in [4.78, 5) is 35.2. The predicted molar refractivity (Wildman–Crippen MR) is 146 cm³/mol. The summed E-state index contributed by atoms with van der Waals surface area (Å²) in [6, 6.07) is 21.6. The van der Waals surface area contributed by atoms with Crippen LogP contribution in [0.5, 0.6) is 0 Å². The summed E-state index contributed by atoms with van der Waals surface area (Å²) in [5.41, 5.74) is 5.04. The zero-order chi connectivity index (χ0) is 25.9. The molecule has 7 nitrogen and oxygen atoms in total. The zero-order valence-corrected chi connectivity index (χ0v) is 21.6. The lowest BCUT2D eigenvalue weighted by atomic mass is 10.1. The Morgan fingerprint density at radius 2 is 1.43 bits per heavy atom. The number of pyridine rings is 1. The second-order valence-electron chi connectivity index (χ2n) is 9.85. The number of benzene rings is 2. The third-order valence-corrected chi connectivity index (χ3v) is 6.99. The van der Waals surface area contributed by atoms with Gasteiger partial charge in [-0.3, -0.25) is 14.0 Å². The standard InChI is InChI=1S/C30H33N5O2/c1-21(2)26-28(31-20-23-11-5-4-6-12-23)35-15-9-14-25(27(35)32-26)30(37)34-18-16-33(17-19-34)29(36)24-13-8-7-10-22(24)3/h4-15,21,31H,16-20H2,1-3H3. The molecule has 2 aromatic carbocycles. The Morgan fingerprint density at radius 1 is 0.838 bits per heavy atom. The van der Waals surface area contributed by atoms with Crippen molar-refractivity contribution >= 4 is 23.3 Å². The maximum absolute atomic E-state index is 13.6. The second kappa shape index (κ2) is 10.5. The van der Waals surface area contributed by atoms with Crippen LogP contribution in [-0.2, 0) is 6.54 Å². The van der Waals surface area contributed by atoms with Crippen molar-refractivity contribution in [3.05, 3.63) is 101 Å². The van der Waals surface area contributed by atoms with E-state index in [9.17, 15) is 9.59 Å². The Balaban J connectivity index is 1.35. The van der Waals surface area contributed by atoms with Gasteiger partial charge in [0.15, 0.2) is 5.65 Å². The largest absolute Gasteiger partial charge is 0.366 e. The Kier molecular flexibility index (Phi) is 6.95. The highest BCUT2D eigenvalue weighted by Crippen LogP contribution is 2.28. The van der Waals surface area contributed by atoms with Gasteiger partial charge in [-0.25, -0.2) is 4.98 Å². The number of hydrogen-bond donors (Lipinski definition) is 1. The lowest BCUT2D eigenvalue weighted by molar-refractivity contribution is 0.0535. The van der Waals surface area contributed by atoms with Gasteiger partial charge in [-0.15, -0.1) is 0 Å². The van der Waals surface area contributed by atoms with E-state index in [1.54, 1.807) is 0 Å². The van der Waals surface area contributed by atoms with E-state index in [4.69, 9.17) is 4.98 Å². The van der Waals surface area contributed by atoms with Crippen LogP contribution < -0.4 is 5.32 Å². The van der Waals surface area contributed by atoms with Crippen LogP contribution in [0.3, 0.4) is 0 Å². The van der Waals surface area contributed by atoms with Crippen LogP contribution >= 0.6 is 0 Å². The molecule has 0 bridgehead atoms. The number of hydrogen-bond acceptors (Lipinski definition) is 4. The minimum atomic E-state index is -0.0523. The Morgan fingerprint density at radius 3 is 2.08 bits per heavy atom. The molecule has 0 unspecified atom stereocenters.